The number of carbonyl (C=O) groups is 4. The van der Waals surface area contributed by atoms with E-state index in [1.54, 1.807) is 48.5 Å². The van der Waals surface area contributed by atoms with Crippen LogP contribution in [-0.4, -0.2) is 130 Å². The van der Waals surface area contributed by atoms with E-state index in [4.69, 9.17) is 21.6 Å². The van der Waals surface area contributed by atoms with E-state index < -0.39 is 89.8 Å². The Labute approximate surface area is 544 Å². The zero-order chi connectivity index (χ0) is 62.9. The number of carbonyl (C=O) groups excluding carboxylic acids is 4. The molecule has 0 fully saturated rings. The Morgan fingerprint density at radius 3 is 0.405 bits per heavy atom. The average molecular weight is 1380 g/mol. The number of hydrogen-bond donors (Lipinski definition) is 4. The molecule has 84 heavy (non-hydrogen) atoms. The van der Waals surface area contributed by atoms with Crippen LogP contribution >= 0.6 is 0 Å². The summed E-state index contributed by atoms with van der Waals surface area (Å²) in [4.78, 5) is 43.1. The molecule has 4 N–H and O–H groups in total. The Morgan fingerprint density at radius 1 is 0.250 bits per heavy atom. The summed E-state index contributed by atoms with van der Waals surface area (Å²) in [7, 11) is -13.3. The molecule has 0 heterocycles. The maximum absolute atomic E-state index is 10.8. The fraction of sp³-hybridized carbons (Fsp3) is 0.429. The van der Waals surface area contributed by atoms with E-state index in [9.17, 15) is 39.6 Å². The van der Waals surface area contributed by atoms with Crippen LogP contribution in [0, 0.1) is 21.6 Å². The van der Waals surface area contributed by atoms with Crippen LogP contribution in [0.15, 0.2) is 97.1 Å². The first-order valence-corrected chi connectivity index (χ1v) is 54.2. The number of nitrogens with one attached hydrogen (secondary N) is 4. The number of nitrogens with zero attached hydrogens (tertiary/aromatic N) is 4. The molecule has 0 unspecified atom stereocenters. The Kier molecular flexibility index (Phi) is 34.3. The molecule has 0 saturated carbocycles. The fourth-order valence-corrected chi connectivity index (χ4v) is 48.9. The molecule has 468 valence electrons. The van der Waals surface area contributed by atoms with Crippen LogP contribution < -0.4 is 57.6 Å². The van der Waals surface area contributed by atoms with Crippen molar-refractivity contribution in [1.82, 2.24) is 16.9 Å². The largest absolute Gasteiger partial charge is 1.00 e. The topological polar surface area (TPSA) is 269 Å². The van der Waals surface area contributed by atoms with Gasteiger partial charge in [0.25, 0.3) is 0 Å². The summed E-state index contributed by atoms with van der Waals surface area (Å²) in [5.74, 6) is -2.71. The summed E-state index contributed by atoms with van der Waals surface area (Å²) in [6.07, 6.45) is 0. The molecule has 0 atom stereocenters. The third-order valence-electron chi connectivity index (χ3n) is 11.8. The molecule has 4 rings (SSSR count). The van der Waals surface area contributed by atoms with Gasteiger partial charge in [0.15, 0.2) is 0 Å². The van der Waals surface area contributed by atoms with Crippen molar-refractivity contribution in [2.24, 2.45) is 0 Å². The standard InChI is InChI=1S/4C14H24N2O2Si2.3ClH.Ti/c4*1-19(2,3)16(20(4,5)6)13(15)11-7-9-12(10-8-11)14(17)18;;;;/h4*7-10,15H,1-6H3,(H,17,18);3*1H;/p-7. The van der Waals surface area contributed by atoms with Gasteiger partial charge >= 0.3 is 0 Å². The minimum Gasteiger partial charge on any atom is -1.00 e. The summed E-state index contributed by atoms with van der Waals surface area (Å²) in [6.45, 7) is 53.6. The number of halogens is 3. The van der Waals surface area contributed by atoms with E-state index >= 15 is 0 Å². The summed E-state index contributed by atoms with van der Waals surface area (Å²) in [5, 5.41) is 77.1. The quantitative estimate of drug-likeness (QED) is 0.0675. The second-order valence-corrected chi connectivity index (χ2v) is 67.7. The van der Waals surface area contributed by atoms with Gasteiger partial charge in [-0.25, -0.2) is 0 Å². The van der Waals surface area contributed by atoms with Crippen LogP contribution in [-0.2, 0) is 21.7 Å². The Balaban J connectivity index is -0.000000500. The van der Waals surface area contributed by atoms with Crippen LogP contribution in [0.2, 0.25) is 157 Å². The molecule has 0 aliphatic rings. The van der Waals surface area contributed by atoms with Crippen molar-refractivity contribution < 1.29 is 98.5 Å². The third-order valence-corrected chi connectivity index (χ3v) is 40.5. The second kappa shape index (κ2) is 33.3. The molecule has 0 radical (unpaired) electrons. The Hall–Kier alpha value is -4.04. The van der Waals surface area contributed by atoms with Gasteiger partial charge < -0.3 is 93.7 Å². The molecule has 16 nitrogen and oxygen atoms in total. The molecule has 0 amide bonds. The zero-order valence-corrected chi connectivity index (χ0v) is 65.8. The SMILES string of the molecule is C[Si](C)(C)N(C(=N)c1ccc(C(=O)[O-])cc1)[Si](C)(C)C.C[Si](C)(C)N(C(=N)c1ccc(C(=O)[O-])cc1)[Si](C)(C)C.C[Si](C)(C)N(C(=N)c1ccc(C(=O)[O-])cc1)[Si](C)(C)C.C[Si](C)(C)N(C(=N)c1ccc(C(=O)[O-])cc1)[Si](C)(C)C.[Cl-].[Cl-].[Cl-].[Ti]. The first kappa shape index (κ1) is 86.4. The average Bonchev–Trinajstić information content (AvgIpc) is 3.26. The second-order valence-electron chi connectivity index (χ2n) is 27.6. The van der Waals surface area contributed by atoms with Crippen LogP contribution in [0.3, 0.4) is 0 Å². The van der Waals surface area contributed by atoms with E-state index in [0.29, 0.717) is 23.3 Å². The molecule has 0 saturated heterocycles. The number of carboxylic acids is 4. The van der Waals surface area contributed by atoms with Crippen LogP contribution in [0.25, 0.3) is 0 Å². The number of amidine groups is 4. The monoisotopic (exact) mass is 1380 g/mol. The smallest absolute Gasteiger partial charge is 0.139 e. The van der Waals surface area contributed by atoms with Gasteiger partial charge in [-0.3, -0.25) is 21.6 Å². The van der Waals surface area contributed by atoms with Crippen molar-refractivity contribution in [3.8, 4) is 0 Å². The first-order valence-electron chi connectivity index (χ1n) is 26.6. The number of hydrogen-bond acceptors (Lipinski definition) is 12. The Bertz CT molecular complexity index is 2410. The molecule has 4 aromatic rings. The van der Waals surface area contributed by atoms with Crippen molar-refractivity contribution in [3.63, 3.8) is 0 Å². The summed E-state index contributed by atoms with van der Waals surface area (Å²) >= 11 is 0. The van der Waals surface area contributed by atoms with E-state index in [2.05, 4.69) is 174 Å². The van der Waals surface area contributed by atoms with Crippen molar-refractivity contribution in [3.05, 3.63) is 142 Å². The minimum absolute atomic E-state index is 0. The molecular weight excluding hydrogens is 1290 g/mol. The van der Waals surface area contributed by atoms with E-state index in [1.807, 2.05) is 0 Å². The maximum atomic E-state index is 10.8. The minimum atomic E-state index is -1.66. The molecule has 28 heteroatoms. The van der Waals surface area contributed by atoms with Gasteiger partial charge in [0.1, 0.15) is 89.2 Å². The number of aromatic carboxylic acids is 4. The fourth-order valence-electron chi connectivity index (χ4n) is 10.3. The molecule has 0 aromatic heterocycles. The third kappa shape index (κ3) is 26.5. The molecular formula is C56H92Cl3N8O8Si8Ti-7. The first-order chi connectivity index (χ1) is 35.8. The van der Waals surface area contributed by atoms with Crippen LogP contribution in [0.1, 0.15) is 63.7 Å². The molecule has 0 aliphatic heterocycles. The van der Waals surface area contributed by atoms with Crippen molar-refractivity contribution >= 4 is 113 Å². The molecule has 0 bridgehead atoms. The van der Waals surface area contributed by atoms with Gasteiger partial charge in [-0.1, -0.05) is 254 Å². The van der Waals surface area contributed by atoms with E-state index in [-0.39, 0.29) is 81.2 Å². The van der Waals surface area contributed by atoms with Crippen molar-refractivity contribution in [1.29, 1.82) is 21.6 Å². The predicted molar refractivity (Wildman–Crippen MR) is 345 cm³/mol. The molecule has 4 aromatic carbocycles. The van der Waals surface area contributed by atoms with Gasteiger partial charge in [0, 0.05) is 44.0 Å². The number of benzene rings is 4. The van der Waals surface area contributed by atoms with E-state index in [0.717, 1.165) is 22.3 Å². The van der Waals surface area contributed by atoms with Gasteiger partial charge in [-0.15, -0.1) is 0 Å². The summed E-state index contributed by atoms with van der Waals surface area (Å²) in [6, 6.07) is 25.6. The van der Waals surface area contributed by atoms with Gasteiger partial charge in [0.05, 0.1) is 23.9 Å². The van der Waals surface area contributed by atoms with Gasteiger partial charge in [0.2, 0.25) is 0 Å². The maximum Gasteiger partial charge on any atom is 0.139 e. The zero-order valence-electron chi connectivity index (χ0n) is 53.9. The predicted octanol–water partition coefficient (Wildman–Crippen LogP) is 0.399. The Morgan fingerprint density at radius 2 is 0.333 bits per heavy atom. The summed E-state index contributed by atoms with van der Waals surface area (Å²) < 4.78 is 9.20. The van der Waals surface area contributed by atoms with Crippen molar-refractivity contribution in [2.45, 2.75) is 157 Å². The van der Waals surface area contributed by atoms with Crippen LogP contribution in [0.4, 0.5) is 0 Å². The molecule has 0 spiro atoms. The van der Waals surface area contributed by atoms with E-state index in [1.165, 1.54) is 48.5 Å². The number of carboxylic acid groups (broad SMARTS) is 4. The normalized spacial score (nSPS) is 11.5. The van der Waals surface area contributed by atoms with Gasteiger partial charge in [-0.2, -0.15) is 0 Å². The van der Waals surface area contributed by atoms with Crippen molar-refractivity contribution in [2.75, 3.05) is 0 Å². The summed E-state index contributed by atoms with van der Waals surface area (Å²) in [5.41, 5.74) is 3.64. The number of rotatable bonds is 16. The molecule has 0 aliphatic carbocycles. The van der Waals surface area contributed by atoms with Gasteiger partial charge in [-0.05, 0) is 22.3 Å². The van der Waals surface area contributed by atoms with Crippen LogP contribution in [0.5, 0.6) is 0 Å².